The van der Waals surface area contributed by atoms with Gasteiger partial charge < -0.3 is 22.9 Å². The van der Waals surface area contributed by atoms with E-state index in [9.17, 15) is 18.0 Å². The number of hydrogen-bond donors (Lipinski definition) is 4. The maximum atomic E-state index is 10.2. The third-order valence-corrected chi connectivity index (χ3v) is 2.08. The molecule has 0 rings (SSSR count). The summed E-state index contributed by atoms with van der Waals surface area (Å²) in [6.45, 7) is 3.76. The number of aliphatic carboxylic acids is 2. The van der Waals surface area contributed by atoms with E-state index >= 15 is 0 Å². The van der Waals surface area contributed by atoms with Crippen LogP contribution in [0.2, 0.25) is 0 Å². The summed E-state index contributed by atoms with van der Waals surface area (Å²) in [7, 11) is -4.84. The van der Waals surface area contributed by atoms with Gasteiger partial charge in [-0.15, -0.1) is 6.54 Å². The molecule has 0 saturated heterocycles. The molecule has 90 valence electrons. The van der Waals surface area contributed by atoms with E-state index in [1.165, 1.54) is 0 Å². The Morgan fingerprint density at radius 1 is 1.31 bits per heavy atom. The zero-order chi connectivity index (χ0) is 12.6. The molecular weight excluding hydrogens is 253 g/mol. The third-order valence-electron chi connectivity index (χ3n) is 0.995. The molecular formula is C6H12NNaO7S. The first-order valence-corrected chi connectivity index (χ1v) is 5.07. The Labute approximate surface area is 115 Å². The second kappa shape index (κ2) is 10.00. The van der Waals surface area contributed by atoms with Crippen LogP contribution in [0.4, 0.5) is 0 Å². The molecule has 0 saturated carbocycles. The average Bonchev–Trinajstić information content (AvgIpc) is 1.98. The van der Waals surface area contributed by atoms with Gasteiger partial charge in [0.1, 0.15) is 0 Å². The predicted molar refractivity (Wildman–Crippen MR) is 49.6 cm³/mol. The van der Waals surface area contributed by atoms with E-state index in [-0.39, 0.29) is 29.6 Å². The Morgan fingerprint density at radius 3 is 1.69 bits per heavy atom. The number of carboxylic acid groups (broad SMARTS) is 2. The molecule has 0 amide bonds. The molecule has 0 aromatic rings. The minimum Gasteiger partial charge on any atom is -0.481 e. The first-order valence-electron chi connectivity index (χ1n) is 3.57. The second-order valence-electron chi connectivity index (χ2n) is 2.23. The SMILES string of the molecule is O=C(O)CC(C(=O)O)S(=O)(=O)O.[CH2-]CN.[Na+]. The number of hydrogen-bond acceptors (Lipinski definition) is 5. The van der Waals surface area contributed by atoms with Crippen molar-refractivity contribution < 1.29 is 62.3 Å². The van der Waals surface area contributed by atoms with Crippen molar-refractivity contribution in [2.24, 2.45) is 5.73 Å². The monoisotopic (exact) mass is 265 g/mol. The molecule has 0 aliphatic heterocycles. The molecule has 0 aliphatic carbocycles. The number of rotatable bonds is 4. The molecule has 0 spiro atoms. The van der Waals surface area contributed by atoms with Crippen molar-refractivity contribution in [2.45, 2.75) is 11.7 Å². The van der Waals surface area contributed by atoms with Crippen molar-refractivity contribution >= 4 is 22.1 Å². The first-order chi connectivity index (χ1) is 6.66. The van der Waals surface area contributed by atoms with E-state index in [1.54, 1.807) is 0 Å². The van der Waals surface area contributed by atoms with Gasteiger partial charge in [0.15, 0.2) is 5.25 Å². The molecule has 0 bridgehead atoms. The van der Waals surface area contributed by atoms with Crippen molar-refractivity contribution in [3.63, 3.8) is 0 Å². The van der Waals surface area contributed by atoms with Crippen LogP contribution in [0.1, 0.15) is 6.42 Å². The van der Waals surface area contributed by atoms with E-state index in [4.69, 9.17) is 20.5 Å². The van der Waals surface area contributed by atoms with Crippen molar-refractivity contribution in [1.82, 2.24) is 0 Å². The molecule has 0 radical (unpaired) electrons. The summed E-state index contributed by atoms with van der Waals surface area (Å²) in [5.74, 6) is -3.50. The molecule has 1 unspecified atom stereocenters. The van der Waals surface area contributed by atoms with Crippen LogP contribution in [0.15, 0.2) is 0 Å². The Kier molecular flexibility index (Phi) is 13.2. The van der Waals surface area contributed by atoms with Gasteiger partial charge in [0.25, 0.3) is 10.1 Å². The molecule has 0 fully saturated rings. The Morgan fingerprint density at radius 2 is 1.62 bits per heavy atom. The number of carboxylic acids is 2. The van der Waals surface area contributed by atoms with Crippen LogP contribution in [-0.4, -0.2) is 46.9 Å². The van der Waals surface area contributed by atoms with Crippen LogP contribution in [0.3, 0.4) is 0 Å². The zero-order valence-electron chi connectivity index (χ0n) is 8.66. The van der Waals surface area contributed by atoms with Crippen molar-refractivity contribution in [1.29, 1.82) is 0 Å². The molecule has 8 nitrogen and oxygen atoms in total. The van der Waals surface area contributed by atoms with Crippen molar-refractivity contribution in [3.8, 4) is 0 Å². The molecule has 0 aliphatic rings. The van der Waals surface area contributed by atoms with Gasteiger partial charge >= 0.3 is 41.5 Å². The molecule has 16 heavy (non-hydrogen) atoms. The van der Waals surface area contributed by atoms with Crippen LogP contribution in [0.25, 0.3) is 0 Å². The van der Waals surface area contributed by atoms with Crippen molar-refractivity contribution in [3.05, 3.63) is 6.92 Å². The summed E-state index contributed by atoms with van der Waals surface area (Å²) in [5, 5.41) is 13.9. The molecule has 0 aromatic carbocycles. The van der Waals surface area contributed by atoms with E-state index in [0.717, 1.165) is 0 Å². The van der Waals surface area contributed by atoms with Crippen LogP contribution < -0.4 is 35.3 Å². The third kappa shape index (κ3) is 11.9. The summed E-state index contributed by atoms with van der Waals surface area (Å²) < 4.78 is 28.7. The van der Waals surface area contributed by atoms with Gasteiger partial charge in [-0.2, -0.15) is 8.42 Å². The maximum Gasteiger partial charge on any atom is 1.00 e. The van der Waals surface area contributed by atoms with Crippen LogP contribution >= 0.6 is 0 Å². The predicted octanol–water partition coefficient (Wildman–Crippen LogP) is -4.41. The molecule has 1 atom stereocenters. The minimum atomic E-state index is -4.84. The van der Waals surface area contributed by atoms with Gasteiger partial charge in [-0.1, -0.05) is 0 Å². The van der Waals surface area contributed by atoms with Gasteiger partial charge in [-0.3, -0.25) is 14.1 Å². The zero-order valence-corrected chi connectivity index (χ0v) is 11.5. The Bertz CT molecular complexity index is 315. The van der Waals surface area contributed by atoms with E-state index < -0.39 is 33.7 Å². The van der Waals surface area contributed by atoms with Gasteiger partial charge in [-0.05, 0) is 0 Å². The largest absolute Gasteiger partial charge is 1.00 e. The summed E-state index contributed by atoms with van der Waals surface area (Å²) in [5.41, 5.74) is 4.74. The molecule has 0 aromatic heterocycles. The van der Waals surface area contributed by atoms with E-state index in [1.807, 2.05) is 0 Å². The normalized spacial score (nSPS) is 11.4. The van der Waals surface area contributed by atoms with Crippen LogP contribution in [0, 0.1) is 6.92 Å². The summed E-state index contributed by atoms with van der Waals surface area (Å²) >= 11 is 0. The second-order valence-corrected chi connectivity index (χ2v) is 3.83. The van der Waals surface area contributed by atoms with E-state index in [2.05, 4.69) is 6.92 Å². The Hall–Kier alpha value is -0.190. The van der Waals surface area contributed by atoms with Crippen LogP contribution in [0.5, 0.6) is 0 Å². The Balaban J connectivity index is -0.000000377. The molecule has 10 heteroatoms. The van der Waals surface area contributed by atoms with Crippen molar-refractivity contribution in [2.75, 3.05) is 6.54 Å². The summed E-state index contributed by atoms with van der Waals surface area (Å²) in [6, 6.07) is 0. The summed E-state index contributed by atoms with van der Waals surface area (Å²) in [6.07, 6.45) is -1.16. The number of carbonyl (C=O) groups is 2. The first kappa shape index (κ1) is 21.1. The number of nitrogens with two attached hydrogens (primary N) is 1. The minimum absolute atomic E-state index is 0. The van der Waals surface area contributed by atoms with Gasteiger partial charge in [0.2, 0.25) is 0 Å². The fourth-order valence-corrected chi connectivity index (χ4v) is 1.09. The van der Waals surface area contributed by atoms with Gasteiger partial charge in [0.05, 0.1) is 6.42 Å². The van der Waals surface area contributed by atoms with Gasteiger partial charge in [0, 0.05) is 0 Å². The molecule has 5 N–H and O–H groups in total. The quantitative estimate of drug-likeness (QED) is 0.225. The van der Waals surface area contributed by atoms with Gasteiger partial charge in [-0.25, -0.2) is 0 Å². The van der Waals surface area contributed by atoms with E-state index in [0.29, 0.717) is 6.54 Å². The topological polar surface area (TPSA) is 155 Å². The fourth-order valence-electron chi connectivity index (χ4n) is 0.479. The molecule has 0 heterocycles. The van der Waals surface area contributed by atoms with Crippen LogP contribution in [-0.2, 0) is 19.7 Å². The fraction of sp³-hybridized carbons (Fsp3) is 0.500. The maximum absolute atomic E-state index is 10.2. The average molecular weight is 265 g/mol. The standard InChI is InChI=1S/C4H6O7S.C2H6N.Na/c5-3(6)1-2(4(7)8)12(9,10)11;1-2-3;/h2H,1H2,(H,5,6)(H,7,8)(H,9,10,11);1-3H2;/q;-1;+1. The summed E-state index contributed by atoms with van der Waals surface area (Å²) in [4.78, 5) is 20.0. The smallest absolute Gasteiger partial charge is 0.481 e.